The zero-order chi connectivity index (χ0) is 9.64. The maximum absolute atomic E-state index is 6.13. The monoisotopic (exact) mass is 215 g/mol. The third kappa shape index (κ3) is 1.56. The van der Waals surface area contributed by atoms with Gasteiger partial charge in [0.2, 0.25) is 0 Å². The minimum atomic E-state index is -0.186. The van der Waals surface area contributed by atoms with Gasteiger partial charge in [-0.15, -0.1) is 0 Å². The summed E-state index contributed by atoms with van der Waals surface area (Å²) in [6, 6.07) is 5.52. The summed E-state index contributed by atoms with van der Waals surface area (Å²) >= 11 is 11.8. The summed E-state index contributed by atoms with van der Waals surface area (Å²) in [5, 5.41) is 1.32. The van der Waals surface area contributed by atoms with Gasteiger partial charge in [-0.2, -0.15) is 0 Å². The zero-order valence-electron chi connectivity index (χ0n) is 7.35. The lowest BCUT2D eigenvalue weighted by molar-refractivity contribution is 0.665. The molecule has 1 aliphatic carbocycles. The van der Waals surface area contributed by atoms with Crippen LogP contribution in [0.2, 0.25) is 10.0 Å². The van der Waals surface area contributed by atoms with E-state index in [0.717, 1.165) is 12.0 Å². The standard InChI is InChI=1S/C10H11Cl2N/c1-6-5-10(6,13)7-2-8(11)4-9(12)3-7/h2-4,6H,5,13H2,1H3. The topological polar surface area (TPSA) is 26.0 Å². The Labute approximate surface area is 87.8 Å². The normalized spacial score (nSPS) is 31.8. The molecule has 0 aromatic heterocycles. The molecular formula is C10H11Cl2N. The first-order valence-electron chi connectivity index (χ1n) is 4.28. The second kappa shape index (κ2) is 2.88. The largest absolute Gasteiger partial charge is 0.321 e. The van der Waals surface area contributed by atoms with Gasteiger partial charge in [-0.3, -0.25) is 0 Å². The first-order chi connectivity index (χ1) is 6.02. The average molecular weight is 216 g/mol. The van der Waals surface area contributed by atoms with Gasteiger partial charge in [0, 0.05) is 15.6 Å². The molecular weight excluding hydrogens is 205 g/mol. The Morgan fingerprint density at radius 3 is 2.15 bits per heavy atom. The van der Waals surface area contributed by atoms with Crippen LogP contribution < -0.4 is 5.73 Å². The molecule has 2 N–H and O–H groups in total. The lowest BCUT2D eigenvalue weighted by Crippen LogP contribution is -2.21. The fourth-order valence-electron chi connectivity index (χ4n) is 1.67. The van der Waals surface area contributed by atoms with E-state index < -0.39 is 0 Å². The highest BCUT2D eigenvalue weighted by molar-refractivity contribution is 6.34. The average Bonchev–Trinajstić information content (AvgIpc) is 2.59. The Bertz CT molecular complexity index is 331. The molecule has 2 atom stereocenters. The van der Waals surface area contributed by atoms with E-state index in [4.69, 9.17) is 28.9 Å². The molecule has 0 bridgehead atoms. The second-order valence-corrected chi connectivity index (χ2v) is 4.68. The number of nitrogens with two attached hydrogens (primary N) is 1. The molecule has 0 heterocycles. The SMILES string of the molecule is CC1CC1(N)c1cc(Cl)cc(Cl)c1. The van der Waals surface area contributed by atoms with Gasteiger partial charge in [-0.05, 0) is 36.1 Å². The van der Waals surface area contributed by atoms with Crippen LogP contribution in [0.5, 0.6) is 0 Å². The Balaban J connectivity index is 2.42. The summed E-state index contributed by atoms with van der Waals surface area (Å²) in [7, 11) is 0. The van der Waals surface area contributed by atoms with Gasteiger partial charge in [0.15, 0.2) is 0 Å². The van der Waals surface area contributed by atoms with Crippen LogP contribution in [-0.4, -0.2) is 0 Å². The quantitative estimate of drug-likeness (QED) is 0.766. The van der Waals surface area contributed by atoms with Crippen molar-refractivity contribution in [3.05, 3.63) is 33.8 Å². The third-order valence-corrected chi connectivity index (χ3v) is 3.20. The van der Waals surface area contributed by atoms with Crippen LogP contribution in [0.3, 0.4) is 0 Å². The predicted molar refractivity (Wildman–Crippen MR) is 56.1 cm³/mol. The molecule has 70 valence electrons. The van der Waals surface area contributed by atoms with Crippen molar-refractivity contribution >= 4 is 23.2 Å². The highest BCUT2D eigenvalue weighted by Gasteiger charge is 2.49. The first-order valence-corrected chi connectivity index (χ1v) is 5.03. The summed E-state index contributed by atoms with van der Waals surface area (Å²) in [6.45, 7) is 2.13. The summed E-state index contributed by atoms with van der Waals surface area (Å²) in [5.74, 6) is 0.530. The van der Waals surface area contributed by atoms with Crippen LogP contribution >= 0.6 is 23.2 Å². The molecule has 0 amide bonds. The first kappa shape index (κ1) is 9.32. The molecule has 13 heavy (non-hydrogen) atoms. The van der Waals surface area contributed by atoms with Gasteiger partial charge >= 0.3 is 0 Å². The molecule has 0 saturated heterocycles. The lowest BCUT2D eigenvalue weighted by Gasteiger charge is -2.11. The van der Waals surface area contributed by atoms with Crippen LogP contribution in [0.1, 0.15) is 18.9 Å². The van der Waals surface area contributed by atoms with Crippen LogP contribution in [0.25, 0.3) is 0 Å². The van der Waals surface area contributed by atoms with Crippen LogP contribution in [-0.2, 0) is 5.54 Å². The highest BCUT2D eigenvalue weighted by atomic mass is 35.5. The molecule has 1 aromatic rings. The summed E-state index contributed by atoms with van der Waals surface area (Å²) < 4.78 is 0. The summed E-state index contributed by atoms with van der Waals surface area (Å²) in [5.41, 5.74) is 7.00. The number of halogens is 2. The van der Waals surface area contributed by atoms with Gasteiger partial charge in [0.1, 0.15) is 0 Å². The molecule has 1 aliphatic rings. The van der Waals surface area contributed by atoms with Crippen LogP contribution in [0, 0.1) is 5.92 Å². The van der Waals surface area contributed by atoms with Crippen molar-refractivity contribution in [2.75, 3.05) is 0 Å². The molecule has 1 fully saturated rings. The van der Waals surface area contributed by atoms with E-state index in [0.29, 0.717) is 16.0 Å². The van der Waals surface area contributed by atoms with Crippen molar-refractivity contribution in [1.82, 2.24) is 0 Å². The predicted octanol–water partition coefficient (Wildman–Crippen LogP) is 3.19. The molecule has 1 saturated carbocycles. The minimum Gasteiger partial charge on any atom is -0.321 e. The Kier molecular flexibility index (Phi) is 2.06. The van der Waals surface area contributed by atoms with Gasteiger partial charge in [0.25, 0.3) is 0 Å². The molecule has 1 nitrogen and oxygen atoms in total. The minimum absolute atomic E-state index is 0.186. The summed E-state index contributed by atoms with van der Waals surface area (Å²) in [4.78, 5) is 0. The fourth-order valence-corrected chi connectivity index (χ4v) is 2.20. The van der Waals surface area contributed by atoms with Crippen molar-refractivity contribution in [2.24, 2.45) is 11.7 Å². The van der Waals surface area contributed by atoms with E-state index in [1.54, 1.807) is 6.07 Å². The van der Waals surface area contributed by atoms with Gasteiger partial charge < -0.3 is 5.73 Å². The molecule has 0 aliphatic heterocycles. The third-order valence-electron chi connectivity index (χ3n) is 2.76. The molecule has 2 rings (SSSR count). The fraction of sp³-hybridized carbons (Fsp3) is 0.400. The van der Waals surface area contributed by atoms with Crippen molar-refractivity contribution in [1.29, 1.82) is 0 Å². The van der Waals surface area contributed by atoms with E-state index in [2.05, 4.69) is 6.92 Å². The Morgan fingerprint density at radius 2 is 1.77 bits per heavy atom. The second-order valence-electron chi connectivity index (χ2n) is 3.80. The highest BCUT2D eigenvalue weighted by Crippen LogP contribution is 2.49. The number of benzene rings is 1. The van der Waals surface area contributed by atoms with Crippen molar-refractivity contribution in [2.45, 2.75) is 18.9 Å². The number of rotatable bonds is 1. The van der Waals surface area contributed by atoms with E-state index in [-0.39, 0.29) is 5.54 Å². The Hall–Kier alpha value is -0.240. The van der Waals surface area contributed by atoms with E-state index in [9.17, 15) is 0 Å². The van der Waals surface area contributed by atoms with Crippen molar-refractivity contribution < 1.29 is 0 Å². The van der Waals surface area contributed by atoms with E-state index in [1.165, 1.54) is 0 Å². The maximum atomic E-state index is 6.13. The molecule has 1 aromatic carbocycles. The summed E-state index contributed by atoms with van der Waals surface area (Å²) in [6.07, 6.45) is 1.02. The number of hydrogen-bond donors (Lipinski definition) is 1. The zero-order valence-corrected chi connectivity index (χ0v) is 8.86. The maximum Gasteiger partial charge on any atom is 0.0440 e. The van der Waals surface area contributed by atoms with Crippen LogP contribution in [0.15, 0.2) is 18.2 Å². The molecule has 0 spiro atoms. The molecule has 0 radical (unpaired) electrons. The van der Waals surface area contributed by atoms with Crippen molar-refractivity contribution in [3.8, 4) is 0 Å². The van der Waals surface area contributed by atoms with Gasteiger partial charge in [-0.25, -0.2) is 0 Å². The molecule has 3 heteroatoms. The van der Waals surface area contributed by atoms with Crippen molar-refractivity contribution in [3.63, 3.8) is 0 Å². The lowest BCUT2D eigenvalue weighted by atomic mass is 10.0. The van der Waals surface area contributed by atoms with E-state index in [1.807, 2.05) is 12.1 Å². The van der Waals surface area contributed by atoms with Gasteiger partial charge in [0.05, 0.1) is 0 Å². The van der Waals surface area contributed by atoms with Crippen LogP contribution in [0.4, 0.5) is 0 Å². The Morgan fingerprint density at radius 1 is 1.31 bits per heavy atom. The molecule has 2 unspecified atom stereocenters. The smallest absolute Gasteiger partial charge is 0.0440 e. The van der Waals surface area contributed by atoms with Gasteiger partial charge in [-0.1, -0.05) is 30.1 Å². The number of hydrogen-bond acceptors (Lipinski definition) is 1. The van der Waals surface area contributed by atoms with E-state index >= 15 is 0 Å².